The maximum atomic E-state index is 9.45. The van der Waals surface area contributed by atoms with E-state index in [2.05, 4.69) is 6.58 Å². The fourth-order valence-electron chi connectivity index (χ4n) is 1.39. The van der Waals surface area contributed by atoms with Gasteiger partial charge in [0.1, 0.15) is 30.5 Å². The van der Waals surface area contributed by atoms with Crippen molar-refractivity contribution in [2.75, 3.05) is 6.61 Å². The van der Waals surface area contributed by atoms with Crippen molar-refractivity contribution in [1.82, 2.24) is 0 Å². The Morgan fingerprint density at radius 1 is 1.29 bits per heavy atom. The van der Waals surface area contributed by atoms with Crippen LogP contribution in [-0.4, -0.2) is 51.4 Å². The Morgan fingerprint density at radius 2 is 1.93 bits per heavy atom. The smallest absolute Gasteiger partial charge is 0.132 e. The van der Waals surface area contributed by atoms with Gasteiger partial charge in [0.25, 0.3) is 0 Å². The highest BCUT2D eigenvalue weighted by Gasteiger charge is 2.43. The van der Waals surface area contributed by atoms with Gasteiger partial charge in [-0.15, -0.1) is 6.58 Å². The summed E-state index contributed by atoms with van der Waals surface area (Å²) in [4.78, 5) is 0. The van der Waals surface area contributed by atoms with Crippen molar-refractivity contribution >= 4 is 0 Å². The largest absolute Gasteiger partial charge is 0.394 e. The summed E-state index contributed by atoms with van der Waals surface area (Å²) in [5, 5.41) is 37.0. The molecule has 0 unspecified atom stereocenters. The fraction of sp³-hybridized carbons (Fsp3) is 0.667. The lowest BCUT2D eigenvalue weighted by atomic mass is 9.94. The van der Waals surface area contributed by atoms with E-state index in [1.807, 2.05) is 0 Å². The maximum Gasteiger partial charge on any atom is 0.132 e. The van der Waals surface area contributed by atoms with Crippen molar-refractivity contribution in [1.29, 1.82) is 0 Å². The summed E-state index contributed by atoms with van der Waals surface area (Å²) in [6, 6.07) is 0. The summed E-state index contributed by atoms with van der Waals surface area (Å²) in [5.41, 5.74) is 0. The molecule has 1 fully saturated rings. The molecule has 81 valence electrons. The van der Waals surface area contributed by atoms with Gasteiger partial charge in [-0.25, -0.2) is 0 Å². The Labute approximate surface area is 82.3 Å². The predicted octanol–water partition coefficient (Wildman–Crippen LogP) is -1.43. The van der Waals surface area contributed by atoms with E-state index in [1.165, 1.54) is 6.08 Å². The molecule has 1 saturated heterocycles. The van der Waals surface area contributed by atoms with Crippen molar-refractivity contribution in [2.45, 2.75) is 30.8 Å². The van der Waals surface area contributed by atoms with E-state index in [1.54, 1.807) is 0 Å². The number of ether oxygens (including phenoxy) is 1. The molecule has 1 radical (unpaired) electrons. The van der Waals surface area contributed by atoms with Gasteiger partial charge in [-0.3, -0.25) is 0 Å². The highest BCUT2D eigenvalue weighted by molar-refractivity contribution is 5.04. The second-order valence-corrected chi connectivity index (χ2v) is 3.22. The molecule has 5 heteroatoms. The third kappa shape index (κ3) is 2.13. The molecule has 1 aliphatic heterocycles. The van der Waals surface area contributed by atoms with Crippen LogP contribution in [0.5, 0.6) is 0 Å². The van der Waals surface area contributed by atoms with Crippen molar-refractivity contribution in [3.05, 3.63) is 18.8 Å². The molecule has 0 aromatic rings. The SMILES string of the molecule is C=CC[C]1O[C@H](CO)[C@@H](O)[C@H](O)[C@H]1O. The van der Waals surface area contributed by atoms with Crippen LogP contribution in [0, 0.1) is 6.10 Å². The number of aliphatic hydroxyl groups excluding tert-OH is 4. The normalized spacial score (nSPS) is 39.7. The Balaban J connectivity index is 2.67. The summed E-state index contributed by atoms with van der Waals surface area (Å²) in [5.74, 6) is 0. The van der Waals surface area contributed by atoms with Crippen LogP contribution in [0.1, 0.15) is 6.42 Å². The average Bonchev–Trinajstić information content (AvgIpc) is 2.19. The van der Waals surface area contributed by atoms with Crippen LogP contribution in [0.25, 0.3) is 0 Å². The van der Waals surface area contributed by atoms with Crippen LogP contribution in [0.15, 0.2) is 12.7 Å². The average molecular weight is 203 g/mol. The number of rotatable bonds is 3. The van der Waals surface area contributed by atoms with Gasteiger partial charge < -0.3 is 25.2 Å². The Kier molecular flexibility index (Phi) is 4.03. The number of aliphatic hydroxyl groups is 4. The third-order valence-electron chi connectivity index (χ3n) is 2.21. The zero-order valence-corrected chi connectivity index (χ0v) is 7.71. The quantitative estimate of drug-likeness (QED) is 0.422. The van der Waals surface area contributed by atoms with Crippen molar-refractivity contribution in [3.63, 3.8) is 0 Å². The lowest BCUT2D eigenvalue weighted by Gasteiger charge is -2.38. The molecule has 1 aliphatic rings. The van der Waals surface area contributed by atoms with Crippen LogP contribution in [0.2, 0.25) is 0 Å². The van der Waals surface area contributed by atoms with E-state index in [-0.39, 0.29) is 12.5 Å². The third-order valence-corrected chi connectivity index (χ3v) is 2.21. The fourth-order valence-corrected chi connectivity index (χ4v) is 1.39. The van der Waals surface area contributed by atoms with Crippen molar-refractivity contribution in [3.8, 4) is 0 Å². The molecule has 14 heavy (non-hydrogen) atoms. The highest BCUT2D eigenvalue weighted by Crippen LogP contribution is 2.28. The van der Waals surface area contributed by atoms with Crippen molar-refractivity contribution in [2.24, 2.45) is 0 Å². The molecule has 0 bridgehead atoms. The first-order chi connectivity index (χ1) is 6.61. The van der Waals surface area contributed by atoms with E-state index in [9.17, 15) is 15.3 Å². The van der Waals surface area contributed by atoms with Gasteiger partial charge in [0, 0.05) is 0 Å². The van der Waals surface area contributed by atoms with E-state index in [0.717, 1.165) is 0 Å². The number of hydrogen-bond donors (Lipinski definition) is 4. The molecule has 4 atom stereocenters. The molecule has 1 heterocycles. The second kappa shape index (κ2) is 4.86. The van der Waals surface area contributed by atoms with Crippen LogP contribution < -0.4 is 0 Å². The molecular weight excluding hydrogens is 188 g/mol. The molecule has 0 amide bonds. The summed E-state index contributed by atoms with van der Waals surface area (Å²) >= 11 is 0. The number of hydrogen-bond acceptors (Lipinski definition) is 5. The lowest BCUT2D eigenvalue weighted by Crippen LogP contribution is -2.55. The zero-order chi connectivity index (χ0) is 10.7. The van der Waals surface area contributed by atoms with Gasteiger partial charge in [0.2, 0.25) is 0 Å². The topological polar surface area (TPSA) is 90.2 Å². The molecule has 4 N–H and O–H groups in total. The van der Waals surface area contributed by atoms with Gasteiger partial charge in [-0.05, 0) is 6.42 Å². The van der Waals surface area contributed by atoms with Crippen LogP contribution in [0.4, 0.5) is 0 Å². The van der Waals surface area contributed by atoms with Crippen LogP contribution >= 0.6 is 0 Å². The first-order valence-electron chi connectivity index (χ1n) is 4.40. The first-order valence-corrected chi connectivity index (χ1v) is 4.40. The van der Waals surface area contributed by atoms with Crippen LogP contribution in [0.3, 0.4) is 0 Å². The molecule has 0 aromatic carbocycles. The predicted molar refractivity (Wildman–Crippen MR) is 48.0 cm³/mol. The van der Waals surface area contributed by atoms with E-state index in [0.29, 0.717) is 0 Å². The Bertz CT molecular complexity index is 194. The van der Waals surface area contributed by atoms with Crippen LogP contribution in [-0.2, 0) is 4.74 Å². The second-order valence-electron chi connectivity index (χ2n) is 3.22. The molecule has 5 nitrogen and oxygen atoms in total. The maximum absolute atomic E-state index is 9.45. The molecule has 0 saturated carbocycles. The first kappa shape index (κ1) is 11.6. The lowest BCUT2D eigenvalue weighted by molar-refractivity contribution is -0.190. The Hall–Kier alpha value is -0.460. The van der Waals surface area contributed by atoms with E-state index in [4.69, 9.17) is 9.84 Å². The standard InChI is InChI=1S/C9H15O5/c1-2-3-5-7(11)9(13)8(12)6(4-10)14-5/h2,6-13H,1,3-4H2/t6-,7+,8-,9-/m1/s1. The highest BCUT2D eigenvalue weighted by atomic mass is 16.5. The molecule has 0 spiro atoms. The zero-order valence-electron chi connectivity index (χ0n) is 7.71. The molecule has 0 aromatic heterocycles. The minimum absolute atomic E-state index is 0.219. The van der Waals surface area contributed by atoms with Gasteiger partial charge in [-0.2, -0.15) is 0 Å². The van der Waals surface area contributed by atoms with E-state index >= 15 is 0 Å². The monoisotopic (exact) mass is 203 g/mol. The Morgan fingerprint density at radius 3 is 2.43 bits per heavy atom. The van der Waals surface area contributed by atoms with Gasteiger partial charge in [0.15, 0.2) is 0 Å². The molecular formula is C9H15O5. The summed E-state index contributed by atoms with van der Waals surface area (Å²) in [6.07, 6.45) is -2.70. The van der Waals surface area contributed by atoms with Crippen molar-refractivity contribution < 1.29 is 25.2 Å². The summed E-state index contributed by atoms with van der Waals surface area (Å²) in [7, 11) is 0. The summed E-state index contributed by atoms with van der Waals surface area (Å²) < 4.78 is 5.11. The van der Waals surface area contributed by atoms with Gasteiger partial charge in [-0.1, -0.05) is 6.08 Å². The molecule has 1 rings (SSSR count). The van der Waals surface area contributed by atoms with Gasteiger partial charge >= 0.3 is 0 Å². The molecule has 0 aliphatic carbocycles. The minimum Gasteiger partial charge on any atom is -0.394 e. The van der Waals surface area contributed by atoms with Gasteiger partial charge in [0.05, 0.1) is 6.61 Å². The summed E-state index contributed by atoms with van der Waals surface area (Å²) in [6.45, 7) is 3.05. The minimum atomic E-state index is -1.32. The van der Waals surface area contributed by atoms with E-state index < -0.39 is 31.0 Å².